The van der Waals surface area contributed by atoms with E-state index in [9.17, 15) is 4.79 Å². The van der Waals surface area contributed by atoms with Gasteiger partial charge in [-0.3, -0.25) is 10.1 Å². The highest BCUT2D eigenvalue weighted by molar-refractivity contribution is 7.22. The summed E-state index contributed by atoms with van der Waals surface area (Å²) in [4.78, 5) is 22.0. The van der Waals surface area contributed by atoms with E-state index in [1.54, 1.807) is 5.51 Å². The molecule has 1 aromatic carbocycles. The van der Waals surface area contributed by atoms with E-state index in [0.29, 0.717) is 10.0 Å². The molecule has 3 rings (SSSR count). The number of amides is 1. The fraction of sp³-hybridized carbons (Fsp3) is 0.312. The number of aryl methyl sites for hydroxylation is 2. The number of benzene rings is 1. The minimum atomic E-state index is -0.125. The molecule has 0 aliphatic heterocycles. The van der Waals surface area contributed by atoms with Gasteiger partial charge in [0.15, 0.2) is 5.13 Å². The van der Waals surface area contributed by atoms with Crippen LogP contribution in [0.3, 0.4) is 0 Å². The molecule has 114 valence electrons. The van der Waals surface area contributed by atoms with E-state index in [4.69, 9.17) is 0 Å². The van der Waals surface area contributed by atoms with Crippen molar-refractivity contribution in [2.24, 2.45) is 0 Å². The van der Waals surface area contributed by atoms with Crippen LogP contribution in [-0.4, -0.2) is 15.9 Å². The van der Waals surface area contributed by atoms with Crippen LogP contribution in [0.2, 0.25) is 0 Å². The molecule has 0 saturated carbocycles. The average molecular weight is 331 g/mol. The molecule has 0 aliphatic rings. The lowest BCUT2D eigenvalue weighted by molar-refractivity contribution is 0.102. The molecule has 0 atom stereocenters. The van der Waals surface area contributed by atoms with E-state index < -0.39 is 0 Å². The topological polar surface area (TPSA) is 54.9 Å². The Morgan fingerprint density at radius 3 is 2.77 bits per heavy atom. The highest BCUT2D eigenvalue weighted by Crippen LogP contribution is 2.30. The third-order valence-electron chi connectivity index (χ3n) is 3.40. The second-order valence-corrected chi connectivity index (χ2v) is 7.51. The van der Waals surface area contributed by atoms with E-state index in [1.165, 1.54) is 28.2 Å². The molecule has 1 amide bonds. The van der Waals surface area contributed by atoms with Crippen LogP contribution in [0.25, 0.3) is 10.2 Å². The van der Waals surface area contributed by atoms with Gasteiger partial charge >= 0.3 is 0 Å². The van der Waals surface area contributed by atoms with Crippen LogP contribution in [0, 0.1) is 13.8 Å². The average Bonchev–Trinajstić information content (AvgIpc) is 3.04. The monoisotopic (exact) mass is 331 g/mol. The Hall–Kier alpha value is -1.79. The predicted molar refractivity (Wildman–Crippen MR) is 93.3 cm³/mol. The molecule has 0 aliphatic carbocycles. The summed E-state index contributed by atoms with van der Waals surface area (Å²) in [5.74, 6) is 0.104. The summed E-state index contributed by atoms with van der Waals surface area (Å²) < 4.78 is 1.10. The lowest BCUT2D eigenvalue weighted by atomic mass is 10.1. The smallest absolute Gasteiger partial charge is 0.269 e. The molecule has 3 aromatic rings. The molecule has 2 aromatic heterocycles. The van der Waals surface area contributed by atoms with Crippen molar-refractivity contribution in [1.82, 2.24) is 9.97 Å². The number of carbonyl (C=O) groups is 1. The van der Waals surface area contributed by atoms with Crippen LogP contribution in [-0.2, 0) is 0 Å². The zero-order valence-electron chi connectivity index (χ0n) is 12.9. The lowest BCUT2D eigenvalue weighted by Gasteiger charge is -2.04. The van der Waals surface area contributed by atoms with Gasteiger partial charge in [-0.05, 0) is 37.0 Å². The Bertz CT molecular complexity index is 848. The fourth-order valence-corrected chi connectivity index (χ4v) is 4.29. The lowest BCUT2D eigenvalue weighted by Crippen LogP contribution is -2.12. The Balaban J connectivity index is 1.91. The molecule has 4 nitrogen and oxygen atoms in total. The molecule has 6 heteroatoms. The van der Waals surface area contributed by atoms with Gasteiger partial charge in [0.2, 0.25) is 0 Å². The molecule has 2 heterocycles. The molecular formula is C16H17N3OS2. The Kier molecular flexibility index (Phi) is 3.97. The zero-order chi connectivity index (χ0) is 15.9. The van der Waals surface area contributed by atoms with Crippen molar-refractivity contribution in [2.75, 3.05) is 5.32 Å². The number of fused-ring (bicyclic) bond motifs is 1. The van der Waals surface area contributed by atoms with E-state index in [0.717, 1.165) is 21.5 Å². The van der Waals surface area contributed by atoms with Gasteiger partial charge in [0.05, 0.1) is 21.4 Å². The van der Waals surface area contributed by atoms with E-state index in [2.05, 4.69) is 34.3 Å². The second-order valence-electron chi connectivity index (χ2n) is 5.62. The number of rotatable bonds is 3. The molecular weight excluding hydrogens is 314 g/mol. The summed E-state index contributed by atoms with van der Waals surface area (Å²) in [5.41, 5.74) is 5.86. The first kappa shape index (κ1) is 15.1. The Morgan fingerprint density at radius 1 is 1.27 bits per heavy atom. The largest absolute Gasteiger partial charge is 0.297 e. The minimum Gasteiger partial charge on any atom is -0.297 e. The van der Waals surface area contributed by atoms with Crippen molar-refractivity contribution in [1.29, 1.82) is 0 Å². The molecule has 1 N–H and O–H groups in total. The summed E-state index contributed by atoms with van der Waals surface area (Å²) >= 11 is 2.88. The van der Waals surface area contributed by atoms with Crippen LogP contribution in [0.15, 0.2) is 17.6 Å². The van der Waals surface area contributed by atoms with E-state index in [1.807, 2.05) is 20.8 Å². The number of thiazole rings is 2. The molecule has 0 unspecified atom stereocenters. The third-order valence-corrected chi connectivity index (χ3v) is 5.16. The molecule has 0 saturated heterocycles. The number of carbonyl (C=O) groups excluding carboxylic acids is 1. The van der Waals surface area contributed by atoms with Crippen molar-refractivity contribution in [3.05, 3.63) is 39.3 Å². The van der Waals surface area contributed by atoms with Gasteiger partial charge in [0.25, 0.3) is 5.91 Å². The summed E-state index contributed by atoms with van der Waals surface area (Å²) in [6.45, 7) is 8.18. The fourth-order valence-electron chi connectivity index (χ4n) is 2.41. The molecule has 0 spiro atoms. The standard InChI is InChI=1S/C16H17N3OS2/c1-8(2)12-14(21-7-17-12)15(20)19-16-18-13-10(4)5-9(3)6-11(13)22-16/h5-8H,1-4H3,(H,18,19,20). The predicted octanol–water partition coefficient (Wildman–Crippen LogP) is 4.75. The maximum atomic E-state index is 12.5. The molecule has 0 radical (unpaired) electrons. The van der Waals surface area contributed by atoms with E-state index >= 15 is 0 Å². The summed E-state index contributed by atoms with van der Waals surface area (Å²) in [5, 5.41) is 3.55. The first-order chi connectivity index (χ1) is 10.5. The number of aromatic nitrogens is 2. The third kappa shape index (κ3) is 2.76. The minimum absolute atomic E-state index is 0.125. The van der Waals surface area contributed by atoms with Gasteiger partial charge in [-0.1, -0.05) is 31.3 Å². The number of hydrogen-bond acceptors (Lipinski definition) is 5. The van der Waals surface area contributed by atoms with Crippen LogP contribution < -0.4 is 5.32 Å². The van der Waals surface area contributed by atoms with Gasteiger partial charge in [-0.15, -0.1) is 11.3 Å². The van der Waals surface area contributed by atoms with Gasteiger partial charge in [0, 0.05) is 0 Å². The molecule has 0 fully saturated rings. The summed E-state index contributed by atoms with van der Waals surface area (Å²) in [7, 11) is 0. The Morgan fingerprint density at radius 2 is 2.05 bits per heavy atom. The van der Waals surface area contributed by atoms with Crippen LogP contribution in [0.5, 0.6) is 0 Å². The maximum absolute atomic E-state index is 12.5. The van der Waals surface area contributed by atoms with Gasteiger partial charge < -0.3 is 0 Å². The molecule has 0 bridgehead atoms. The maximum Gasteiger partial charge on any atom is 0.269 e. The van der Waals surface area contributed by atoms with Crippen molar-refractivity contribution in [2.45, 2.75) is 33.6 Å². The number of nitrogens with one attached hydrogen (secondary N) is 1. The summed E-state index contributed by atoms with van der Waals surface area (Å²) in [6.07, 6.45) is 0. The van der Waals surface area contributed by atoms with Crippen LogP contribution >= 0.6 is 22.7 Å². The van der Waals surface area contributed by atoms with Crippen molar-refractivity contribution >= 4 is 43.9 Å². The quantitative estimate of drug-likeness (QED) is 0.754. The first-order valence-corrected chi connectivity index (χ1v) is 8.78. The highest BCUT2D eigenvalue weighted by Gasteiger charge is 2.18. The van der Waals surface area contributed by atoms with Gasteiger partial charge in [-0.2, -0.15) is 0 Å². The number of nitrogens with zero attached hydrogens (tertiary/aromatic N) is 2. The van der Waals surface area contributed by atoms with Gasteiger partial charge in [0.1, 0.15) is 4.88 Å². The number of hydrogen-bond donors (Lipinski definition) is 1. The van der Waals surface area contributed by atoms with Crippen molar-refractivity contribution < 1.29 is 4.79 Å². The summed E-state index contributed by atoms with van der Waals surface area (Å²) in [6, 6.07) is 4.20. The second kappa shape index (κ2) is 5.78. The van der Waals surface area contributed by atoms with Gasteiger partial charge in [-0.25, -0.2) is 9.97 Å². The zero-order valence-corrected chi connectivity index (χ0v) is 14.6. The van der Waals surface area contributed by atoms with Crippen LogP contribution in [0.1, 0.15) is 46.3 Å². The number of anilines is 1. The molecule has 22 heavy (non-hydrogen) atoms. The van der Waals surface area contributed by atoms with Crippen LogP contribution in [0.4, 0.5) is 5.13 Å². The Labute approximate surface area is 137 Å². The SMILES string of the molecule is Cc1cc(C)c2nc(NC(=O)c3scnc3C(C)C)sc2c1. The van der Waals surface area contributed by atoms with Crippen molar-refractivity contribution in [3.63, 3.8) is 0 Å². The normalized spacial score (nSPS) is 11.3. The van der Waals surface area contributed by atoms with Crippen molar-refractivity contribution in [3.8, 4) is 0 Å². The highest BCUT2D eigenvalue weighted by atomic mass is 32.1. The first-order valence-electron chi connectivity index (χ1n) is 7.08. The van der Waals surface area contributed by atoms with E-state index in [-0.39, 0.29) is 11.8 Å².